The molecule has 0 aliphatic heterocycles. The van der Waals surface area contributed by atoms with Crippen LogP contribution in [0.5, 0.6) is 0 Å². The van der Waals surface area contributed by atoms with Gasteiger partial charge in [-0.25, -0.2) is 4.98 Å². The summed E-state index contributed by atoms with van der Waals surface area (Å²) in [6.07, 6.45) is -2.87. The number of nitrogens with zero attached hydrogens (tertiary/aromatic N) is 3. The van der Waals surface area contributed by atoms with Crippen molar-refractivity contribution in [1.29, 1.82) is 0 Å². The second-order valence-electron chi connectivity index (χ2n) is 8.24. The molecule has 5 rings (SSSR count). The number of alkyl halides is 3. The summed E-state index contributed by atoms with van der Waals surface area (Å²) in [5.74, 6) is 0.574. The van der Waals surface area contributed by atoms with Gasteiger partial charge in [0.2, 0.25) is 0 Å². The van der Waals surface area contributed by atoms with Crippen LogP contribution in [0, 0.1) is 0 Å². The summed E-state index contributed by atoms with van der Waals surface area (Å²) in [7, 11) is 1.90. The van der Waals surface area contributed by atoms with Gasteiger partial charge in [-0.05, 0) is 22.8 Å². The number of imidazole rings is 1. The van der Waals surface area contributed by atoms with Crippen molar-refractivity contribution in [3.05, 3.63) is 114 Å². The number of halogens is 3. The molecule has 6 heteroatoms. The molecule has 0 spiro atoms. The van der Waals surface area contributed by atoms with E-state index in [1.165, 1.54) is 12.1 Å². The normalized spacial score (nSPS) is 12.0. The zero-order valence-corrected chi connectivity index (χ0v) is 19.0. The quantitative estimate of drug-likeness (QED) is 0.245. The summed E-state index contributed by atoms with van der Waals surface area (Å²) >= 11 is 0. The largest absolute Gasteiger partial charge is 0.416 e. The number of aliphatic imine (C=N–C) groups is 1. The Balaban J connectivity index is 1.61. The second kappa shape index (κ2) is 9.22. The lowest BCUT2D eigenvalue weighted by molar-refractivity contribution is -0.138. The Labute approximate surface area is 201 Å². The number of aryl methyl sites for hydroxylation is 1. The van der Waals surface area contributed by atoms with Crippen LogP contribution in [0.2, 0.25) is 0 Å². The number of hydrogen-bond acceptors (Lipinski definition) is 2. The van der Waals surface area contributed by atoms with Crippen molar-refractivity contribution >= 4 is 17.2 Å². The van der Waals surface area contributed by atoms with Crippen molar-refractivity contribution < 1.29 is 13.2 Å². The Morgan fingerprint density at radius 3 is 2.00 bits per heavy atom. The molecule has 1 aromatic heterocycles. The van der Waals surface area contributed by atoms with Crippen LogP contribution < -0.4 is 0 Å². The molecule has 0 amide bonds. The second-order valence-corrected chi connectivity index (χ2v) is 8.24. The molecule has 0 unspecified atom stereocenters. The molecule has 0 saturated carbocycles. The molecule has 0 fully saturated rings. The van der Waals surface area contributed by atoms with Gasteiger partial charge < -0.3 is 4.57 Å². The van der Waals surface area contributed by atoms with Crippen LogP contribution in [0.1, 0.15) is 17.0 Å². The van der Waals surface area contributed by atoms with Crippen molar-refractivity contribution in [2.45, 2.75) is 12.7 Å². The fourth-order valence-corrected chi connectivity index (χ4v) is 4.31. The molecule has 0 atom stereocenters. The summed E-state index contributed by atoms with van der Waals surface area (Å²) in [4.78, 5) is 9.21. The van der Waals surface area contributed by atoms with E-state index in [4.69, 9.17) is 4.98 Å². The molecule has 0 N–H and O–H groups in total. The van der Waals surface area contributed by atoms with Crippen molar-refractivity contribution in [2.75, 3.05) is 0 Å². The predicted octanol–water partition coefficient (Wildman–Crippen LogP) is 7.55. The lowest BCUT2D eigenvalue weighted by atomic mass is 9.98. The van der Waals surface area contributed by atoms with Gasteiger partial charge in [0, 0.05) is 18.2 Å². The minimum atomic E-state index is -4.42. The predicted molar refractivity (Wildman–Crippen MR) is 134 cm³/mol. The van der Waals surface area contributed by atoms with Gasteiger partial charge in [0.05, 0.1) is 29.4 Å². The van der Waals surface area contributed by atoms with E-state index in [1.807, 2.05) is 72.3 Å². The first-order valence-corrected chi connectivity index (χ1v) is 11.2. The van der Waals surface area contributed by atoms with Crippen LogP contribution in [-0.4, -0.2) is 15.8 Å². The summed E-state index contributed by atoms with van der Waals surface area (Å²) < 4.78 is 42.0. The highest BCUT2D eigenvalue weighted by Gasteiger charge is 2.32. The van der Waals surface area contributed by atoms with Gasteiger partial charge in [-0.1, -0.05) is 91.0 Å². The summed E-state index contributed by atoms with van der Waals surface area (Å²) in [5, 5.41) is 0. The van der Waals surface area contributed by atoms with Gasteiger partial charge in [0.1, 0.15) is 0 Å². The maximum atomic E-state index is 13.3. The third-order valence-electron chi connectivity index (χ3n) is 6.02. The molecule has 1 heterocycles. The van der Waals surface area contributed by atoms with Gasteiger partial charge in [-0.15, -0.1) is 0 Å². The topological polar surface area (TPSA) is 30.2 Å². The first-order chi connectivity index (χ1) is 16.9. The van der Waals surface area contributed by atoms with E-state index in [0.717, 1.165) is 39.4 Å². The molecular formula is C29H22F3N3. The molecule has 4 aromatic carbocycles. The SMILES string of the molecule is Cn1c(/C=N/Cc2ccccc2C(F)(F)F)nc2c(-c3ccccc3)ccc(-c3ccccc3)c21. The highest BCUT2D eigenvalue weighted by Crippen LogP contribution is 2.36. The van der Waals surface area contributed by atoms with Crippen LogP contribution in [0.25, 0.3) is 33.3 Å². The van der Waals surface area contributed by atoms with Crippen molar-refractivity contribution in [1.82, 2.24) is 9.55 Å². The lowest BCUT2D eigenvalue weighted by Gasteiger charge is -2.10. The van der Waals surface area contributed by atoms with Gasteiger partial charge in [0.15, 0.2) is 5.82 Å². The summed E-state index contributed by atoms with van der Waals surface area (Å²) in [6, 6.07) is 29.7. The average molecular weight is 470 g/mol. The van der Waals surface area contributed by atoms with E-state index in [2.05, 4.69) is 17.1 Å². The molecule has 0 bridgehead atoms. The van der Waals surface area contributed by atoms with Crippen LogP contribution in [-0.2, 0) is 19.8 Å². The Morgan fingerprint density at radius 1 is 0.771 bits per heavy atom. The maximum Gasteiger partial charge on any atom is 0.416 e. The zero-order chi connectivity index (χ0) is 24.4. The minimum Gasteiger partial charge on any atom is -0.326 e. The minimum absolute atomic E-state index is 0.0873. The number of benzene rings is 4. The molecular weight excluding hydrogens is 447 g/mol. The number of fused-ring (bicyclic) bond motifs is 1. The fourth-order valence-electron chi connectivity index (χ4n) is 4.31. The Kier molecular flexibility index (Phi) is 5.95. The monoisotopic (exact) mass is 469 g/mol. The molecule has 0 radical (unpaired) electrons. The number of hydrogen-bond donors (Lipinski definition) is 0. The zero-order valence-electron chi connectivity index (χ0n) is 19.0. The standard InChI is InChI=1S/C29H22F3N3/c1-35-26(19-33-18-22-14-8-9-15-25(22)29(30,31)32)34-27-23(20-10-4-2-5-11-20)16-17-24(28(27)35)21-12-6-3-7-13-21/h2-17,19H,18H2,1H3/b33-19+. The van der Waals surface area contributed by atoms with Gasteiger partial charge >= 0.3 is 6.18 Å². The molecule has 35 heavy (non-hydrogen) atoms. The average Bonchev–Trinajstić information content (AvgIpc) is 3.20. The van der Waals surface area contributed by atoms with Crippen LogP contribution in [0.4, 0.5) is 13.2 Å². The van der Waals surface area contributed by atoms with Crippen molar-refractivity contribution in [2.24, 2.45) is 12.0 Å². The molecule has 0 aliphatic rings. The molecule has 5 aromatic rings. The molecule has 0 saturated heterocycles. The Morgan fingerprint density at radius 2 is 1.34 bits per heavy atom. The van der Waals surface area contributed by atoms with Crippen LogP contribution in [0.3, 0.4) is 0 Å². The Bertz CT molecular complexity index is 1500. The van der Waals surface area contributed by atoms with Gasteiger partial charge in [-0.2, -0.15) is 13.2 Å². The van der Waals surface area contributed by atoms with Crippen molar-refractivity contribution in [3.8, 4) is 22.3 Å². The third kappa shape index (κ3) is 4.47. The summed E-state index contributed by atoms with van der Waals surface area (Å²) in [6.45, 7) is -0.0873. The van der Waals surface area contributed by atoms with E-state index >= 15 is 0 Å². The number of rotatable bonds is 5. The number of aromatic nitrogens is 2. The maximum absolute atomic E-state index is 13.3. The molecule has 174 valence electrons. The highest BCUT2D eigenvalue weighted by molar-refractivity contribution is 6.03. The van der Waals surface area contributed by atoms with E-state index in [9.17, 15) is 13.2 Å². The lowest BCUT2D eigenvalue weighted by Crippen LogP contribution is -2.08. The molecule has 0 aliphatic carbocycles. The van der Waals surface area contributed by atoms with E-state index < -0.39 is 11.7 Å². The fraction of sp³-hybridized carbons (Fsp3) is 0.103. The molecule has 3 nitrogen and oxygen atoms in total. The van der Waals surface area contributed by atoms with Crippen LogP contribution >= 0.6 is 0 Å². The van der Waals surface area contributed by atoms with Gasteiger partial charge in [0.25, 0.3) is 0 Å². The highest BCUT2D eigenvalue weighted by atomic mass is 19.4. The first kappa shape index (κ1) is 22.6. The third-order valence-corrected chi connectivity index (χ3v) is 6.02. The van der Waals surface area contributed by atoms with E-state index in [0.29, 0.717) is 5.82 Å². The smallest absolute Gasteiger partial charge is 0.326 e. The Hall–Kier alpha value is -4.19. The van der Waals surface area contributed by atoms with E-state index in [1.54, 1.807) is 12.3 Å². The van der Waals surface area contributed by atoms with Gasteiger partial charge in [-0.3, -0.25) is 4.99 Å². The van der Waals surface area contributed by atoms with Crippen molar-refractivity contribution in [3.63, 3.8) is 0 Å². The first-order valence-electron chi connectivity index (χ1n) is 11.2. The summed E-state index contributed by atoms with van der Waals surface area (Å²) in [5.41, 5.74) is 5.33. The van der Waals surface area contributed by atoms with E-state index in [-0.39, 0.29) is 12.1 Å². The van der Waals surface area contributed by atoms with Crippen LogP contribution in [0.15, 0.2) is 102 Å².